The molecule has 0 spiro atoms. The van der Waals surface area contributed by atoms with Gasteiger partial charge in [-0.15, -0.1) is 0 Å². The lowest BCUT2D eigenvalue weighted by Gasteiger charge is -2.36. The van der Waals surface area contributed by atoms with Gasteiger partial charge in [0.1, 0.15) is 0 Å². The minimum absolute atomic E-state index is 0.219. The van der Waals surface area contributed by atoms with Gasteiger partial charge in [0.05, 0.1) is 14.2 Å². The molecule has 1 aromatic rings. The monoisotopic (exact) mass is 307 g/mol. The molecule has 0 bridgehead atoms. The molecular formula is C16H25N3O3. The second kappa shape index (κ2) is 7.89. The summed E-state index contributed by atoms with van der Waals surface area (Å²) in [6.45, 7) is 4.85. The molecule has 6 nitrogen and oxygen atoms in total. The topological polar surface area (TPSA) is 68.0 Å². The van der Waals surface area contributed by atoms with E-state index in [4.69, 9.17) is 15.2 Å². The van der Waals surface area contributed by atoms with Crippen molar-refractivity contribution in [2.24, 2.45) is 5.73 Å². The molecule has 6 heteroatoms. The van der Waals surface area contributed by atoms with Crippen LogP contribution in [0.5, 0.6) is 11.5 Å². The average molecular weight is 307 g/mol. The predicted molar refractivity (Wildman–Crippen MR) is 86.6 cm³/mol. The molecule has 0 atom stereocenters. The van der Waals surface area contributed by atoms with E-state index >= 15 is 0 Å². The second-order valence-electron chi connectivity index (χ2n) is 5.44. The lowest BCUT2D eigenvalue weighted by Crippen LogP contribution is -2.46. The number of anilines is 1. The molecule has 1 amide bonds. The Balaban J connectivity index is 1.87. The van der Waals surface area contributed by atoms with Gasteiger partial charge in [0.25, 0.3) is 0 Å². The standard InChI is InChI=1S/C16H25N3O3/c1-21-14-6-5-13(12-15(14)22-2)19-10-8-18(9-11-19)7-3-4-16(17)20/h5-6,12H,3-4,7-11H2,1-2H3,(H2,17,20). The Morgan fingerprint density at radius 2 is 1.82 bits per heavy atom. The Morgan fingerprint density at radius 1 is 1.14 bits per heavy atom. The molecule has 2 rings (SSSR count). The van der Waals surface area contributed by atoms with E-state index in [1.54, 1.807) is 14.2 Å². The molecule has 122 valence electrons. The molecular weight excluding hydrogens is 282 g/mol. The maximum atomic E-state index is 10.8. The van der Waals surface area contributed by atoms with Gasteiger partial charge in [-0.05, 0) is 25.1 Å². The van der Waals surface area contributed by atoms with Gasteiger partial charge < -0.3 is 20.1 Å². The third-order valence-corrected chi connectivity index (χ3v) is 4.00. The van der Waals surface area contributed by atoms with Gasteiger partial charge in [0, 0.05) is 44.4 Å². The first-order valence-electron chi connectivity index (χ1n) is 7.61. The van der Waals surface area contributed by atoms with Crippen molar-refractivity contribution in [1.29, 1.82) is 0 Å². The lowest BCUT2D eigenvalue weighted by molar-refractivity contribution is -0.118. The van der Waals surface area contributed by atoms with Gasteiger partial charge in [-0.25, -0.2) is 0 Å². The Hall–Kier alpha value is -1.95. The first-order chi connectivity index (χ1) is 10.6. The van der Waals surface area contributed by atoms with Crippen LogP contribution in [0, 0.1) is 0 Å². The minimum atomic E-state index is -0.219. The highest BCUT2D eigenvalue weighted by atomic mass is 16.5. The minimum Gasteiger partial charge on any atom is -0.493 e. The number of carbonyl (C=O) groups is 1. The number of carbonyl (C=O) groups excluding carboxylic acids is 1. The van der Waals surface area contributed by atoms with E-state index in [0.29, 0.717) is 6.42 Å². The highest BCUT2D eigenvalue weighted by molar-refractivity contribution is 5.73. The molecule has 0 aromatic heterocycles. The summed E-state index contributed by atoms with van der Waals surface area (Å²) in [6, 6.07) is 6.01. The summed E-state index contributed by atoms with van der Waals surface area (Å²) in [5.74, 6) is 1.28. The fraction of sp³-hybridized carbons (Fsp3) is 0.562. The van der Waals surface area contributed by atoms with Gasteiger partial charge >= 0.3 is 0 Å². The number of methoxy groups -OCH3 is 2. The van der Waals surface area contributed by atoms with Gasteiger partial charge in [0.15, 0.2) is 11.5 Å². The van der Waals surface area contributed by atoms with E-state index in [1.165, 1.54) is 0 Å². The van der Waals surface area contributed by atoms with Crippen molar-refractivity contribution in [3.8, 4) is 11.5 Å². The highest BCUT2D eigenvalue weighted by Gasteiger charge is 2.18. The van der Waals surface area contributed by atoms with Crippen LogP contribution >= 0.6 is 0 Å². The van der Waals surface area contributed by atoms with E-state index in [2.05, 4.69) is 15.9 Å². The Labute approximate surface area is 131 Å². The van der Waals surface area contributed by atoms with E-state index in [9.17, 15) is 4.79 Å². The maximum absolute atomic E-state index is 10.8. The third-order valence-electron chi connectivity index (χ3n) is 4.00. The predicted octanol–water partition coefficient (Wildman–Crippen LogP) is 1.09. The van der Waals surface area contributed by atoms with Crippen molar-refractivity contribution in [3.05, 3.63) is 18.2 Å². The van der Waals surface area contributed by atoms with Crippen LogP contribution in [0.3, 0.4) is 0 Å². The van der Waals surface area contributed by atoms with E-state index in [0.717, 1.165) is 56.3 Å². The number of piperazine rings is 1. The van der Waals surface area contributed by atoms with E-state index < -0.39 is 0 Å². The van der Waals surface area contributed by atoms with Crippen LogP contribution in [-0.2, 0) is 4.79 Å². The SMILES string of the molecule is COc1ccc(N2CCN(CCCC(N)=O)CC2)cc1OC. The van der Waals surface area contributed by atoms with Gasteiger partial charge in [-0.1, -0.05) is 0 Å². The third kappa shape index (κ3) is 4.27. The average Bonchev–Trinajstić information content (AvgIpc) is 2.54. The molecule has 1 heterocycles. The summed E-state index contributed by atoms with van der Waals surface area (Å²) in [5, 5.41) is 0. The summed E-state index contributed by atoms with van der Waals surface area (Å²) in [5.41, 5.74) is 6.32. The fourth-order valence-corrected chi connectivity index (χ4v) is 2.73. The number of amides is 1. The summed E-state index contributed by atoms with van der Waals surface area (Å²) in [7, 11) is 3.29. The lowest BCUT2D eigenvalue weighted by atomic mass is 10.2. The number of benzene rings is 1. The molecule has 22 heavy (non-hydrogen) atoms. The van der Waals surface area contributed by atoms with Crippen molar-refractivity contribution < 1.29 is 14.3 Å². The molecule has 2 N–H and O–H groups in total. The largest absolute Gasteiger partial charge is 0.493 e. The number of rotatable bonds is 7. The van der Waals surface area contributed by atoms with Crippen molar-refractivity contribution in [3.63, 3.8) is 0 Å². The molecule has 1 aliphatic heterocycles. The van der Waals surface area contributed by atoms with Crippen LogP contribution in [0.2, 0.25) is 0 Å². The number of hydrogen-bond donors (Lipinski definition) is 1. The molecule has 1 fully saturated rings. The number of primary amides is 1. The Bertz CT molecular complexity index is 499. The number of ether oxygens (including phenoxy) is 2. The quantitative estimate of drug-likeness (QED) is 0.817. The molecule has 1 saturated heterocycles. The molecule has 0 saturated carbocycles. The molecule has 0 aliphatic carbocycles. The first kappa shape index (κ1) is 16.4. The van der Waals surface area contributed by atoms with Crippen LogP contribution in [0.1, 0.15) is 12.8 Å². The van der Waals surface area contributed by atoms with Gasteiger partial charge in [-0.3, -0.25) is 9.69 Å². The van der Waals surface area contributed by atoms with Gasteiger partial charge in [0.2, 0.25) is 5.91 Å². The molecule has 0 unspecified atom stereocenters. The van der Waals surface area contributed by atoms with Crippen LogP contribution in [0.4, 0.5) is 5.69 Å². The van der Waals surface area contributed by atoms with Crippen LogP contribution in [0.25, 0.3) is 0 Å². The summed E-state index contributed by atoms with van der Waals surface area (Å²) in [6.07, 6.45) is 1.31. The summed E-state index contributed by atoms with van der Waals surface area (Å²) >= 11 is 0. The first-order valence-corrected chi connectivity index (χ1v) is 7.61. The zero-order valence-electron chi connectivity index (χ0n) is 13.4. The molecule has 0 radical (unpaired) electrons. The van der Waals surface area contributed by atoms with Crippen molar-refractivity contribution in [1.82, 2.24) is 4.90 Å². The Kier molecular flexibility index (Phi) is 5.89. The van der Waals surface area contributed by atoms with Crippen molar-refractivity contribution in [2.75, 3.05) is 51.8 Å². The normalized spacial score (nSPS) is 15.6. The zero-order valence-corrected chi connectivity index (χ0v) is 13.4. The maximum Gasteiger partial charge on any atom is 0.217 e. The number of nitrogens with zero attached hydrogens (tertiary/aromatic N) is 2. The Morgan fingerprint density at radius 3 is 2.41 bits per heavy atom. The summed E-state index contributed by atoms with van der Waals surface area (Å²) < 4.78 is 10.6. The molecule has 1 aliphatic rings. The summed E-state index contributed by atoms with van der Waals surface area (Å²) in [4.78, 5) is 15.5. The van der Waals surface area contributed by atoms with Crippen molar-refractivity contribution in [2.45, 2.75) is 12.8 Å². The van der Waals surface area contributed by atoms with E-state index in [1.807, 2.05) is 12.1 Å². The number of hydrogen-bond acceptors (Lipinski definition) is 5. The smallest absolute Gasteiger partial charge is 0.217 e. The fourth-order valence-electron chi connectivity index (χ4n) is 2.73. The highest BCUT2D eigenvalue weighted by Crippen LogP contribution is 2.31. The van der Waals surface area contributed by atoms with Crippen LogP contribution in [0.15, 0.2) is 18.2 Å². The number of nitrogens with two attached hydrogens (primary N) is 1. The van der Waals surface area contributed by atoms with Crippen LogP contribution in [-0.4, -0.2) is 57.8 Å². The van der Waals surface area contributed by atoms with E-state index in [-0.39, 0.29) is 5.91 Å². The second-order valence-corrected chi connectivity index (χ2v) is 5.44. The van der Waals surface area contributed by atoms with Crippen molar-refractivity contribution >= 4 is 11.6 Å². The van der Waals surface area contributed by atoms with Gasteiger partial charge in [-0.2, -0.15) is 0 Å². The molecule has 1 aromatic carbocycles. The van der Waals surface area contributed by atoms with Crippen LogP contribution < -0.4 is 20.1 Å². The zero-order chi connectivity index (χ0) is 15.9.